The largest absolute Gasteiger partial charge is 0.464 e. The van der Waals surface area contributed by atoms with Crippen LogP contribution in [0.1, 0.15) is 23.6 Å². The van der Waals surface area contributed by atoms with Gasteiger partial charge in [-0.2, -0.15) is 0 Å². The monoisotopic (exact) mass is 362 g/mol. The van der Waals surface area contributed by atoms with Gasteiger partial charge in [0.2, 0.25) is 5.91 Å². The van der Waals surface area contributed by atoms with Crippen LogP contribution >= 0.6 is 0 Å². The van der Waals surface area contributed by atoms with Crippen LogP contribution in [0.4, 0.5) is 5.69 Å². The fraction of sp³-hybridized carbons (Fsp3) is 0.348. The van der Waals surface area contributed by atoms with Gasteiger partial charge in [-0.3, -0.25) is 4.79 Å². The number of nitrogens with zero attached hydrogens (tertiary/aromatic N) is 2. The second-order valence-electron chi connectivity index (χ2n) is 7.66. The van der Waals surface area contributed by atoms with E-state index in [0.29, 0.717) is 12.5 Å². The first-order valence-electron chi connectivity index (χ1n) is 9.59. The Morgan fingerprint density at radius 3 is 2.70 bits per heavy atom. The van der Waals surface area contributed by atoms with Gasteiger partial charge in [0.15, 0.2) is 0 Å². The number of furan rings is 1. The number of hydrogen-bond acceptors (Lipinski definition) is 3. The number of fused-ring (bicyclic) bond motifs is 1. The summed E-state index contributed by atoms with van der Waals surface area (Å²) in [5, 5.41) is 1.04. The number of benzene rings is 2. The minimum atomic E-state index is 0.175. The molecule has 4 heteroatoms. The molecule has 0 N–H and O–H groups in total. The second-order valence-corrected chi connectivity index (χ2v) is 7.66. The highest BCUT2D eigenvalue weighted by molar-refractivity contribution is 5.88. The summed E-state index contributed by atoms with van der Waals surface area (Å²) >= 11 is 0. The smallest absolute Gasteiger partial charge is 0.227 e. The number of rotatable bonds is 3. The van der Waals surface area contributed by atoms with Gasteiger partial charge in [-0.1, -0.05) is 24.3 Å². The lowest BCUT2D eigenvalue weighted by molar-refractivity contribution is -0.131. The number of amides is 1. The Labute approximate surface area is 160 Å². The molecule has 1 amide bonds. The van der Waals surface area contributed by atoms with Crippen LogP contribution in [0.3, 0.4) is 0 Å². The lowest BCUT2D eigenvalue weighted by Gasteiger charge is -2.41. The average molecular weight is 362 g/mol. The predicted molar refractivity (Wildman–Crippen MR) is 109 cm³/mol. The van der Waals surface area contributed by atoms with Crippen molar-refractivity contribution in [2.24, 2.45) is 0 Å². The van der Waals surface area contributed by atoms with E-state index in [2.05, 4.69) is 55.1 Å². The molecule has 1 aliphatic heterocycles. The Hall–Kier alpha value is -2.75. The molecule has 0 saturated carbocycles. The molecule has 1 fully saturated rings. The molecule has 4 nitrogen and oxygen atoms in total. The first-order valence-corrected chi connectivity index (χ1v) is 9.59. The van der Waals surface area contributed by atoms with Crippen LogP contribution in [0.2, 0.25) is 0 Å². The maximum absolute atomic E-state index is 12.9. The van der Waals surface area contributed by atoms with Crippen molar-refractivity contribution < 1.29 is 9.21 Å². The van der Waals surface area contributed by atoms with Crippen molar-refractivity contribution in [2.45, 2.75) is 33.2 Å². The minimum Gasteiger partial charge on any atom is -0.464 e. The molecule has 0 unspecified atom stereocenters. The fourth-order valence-electron chi connectivity index (χ4n) is 3.98. The van der Waals surface area contributed by atoms with E-state index in [1.54, 1.807) is 6.26 Å². The molecule has 2 aromatic carbocycles. The summed E-state index contributed by atoms with van der Waals surface area (Å²) in [5.41, 5.74) is 5.50. The zero-order valence-corrected chi connectivity index (χ0v) is 16.2. The van der Waals surface area contributed by atoms with Gasteiger partial charge in [-0.15, -0.1) is 0 Å². The van der Waals surface area contributed by atoms with Gasteiger partial charge in [-0.25, -0.2) is 0 Å². The van der Waals surface area contributed by atoms with Crippen LogP contribution in [0, 0.1) is 13.8 Å². The standard InChI is InChI=1S/C23H26N2O2/c1-16-5-4-6-20(11-16)25-10-9-24(14-18(25)3)23(26)13-19-15-27-22-12-17(2)7-8-21(19)22/h4-8,11-12,15,18H,9-10,13-14H2,1-3H3/t18-/m0/s1. The molecule has 2 heterocycles. The Kier molecular flexibility index (Phi) is 4.65. The fourth-order valence-corrected chi connectivity index (χ4v) is 3.98. The molecule has 1 aliphatic rings. The molecule has 140 valence electrons. The van der Waals surface area contributed by atoms with Gasteiger partial charge in [0.25, 0.3) is 0 Å². The van der Waals surface area contributed by atoms with Crippen molar-refractivity contribution in [1.29, 1.82) is 0 Å². The molecule has 0 spiro atoms. The van der Waals surface area contributed by atoms with E-state index in [4.69, 9.17) is 4.42 Å². The van der Waals surface area contributed by atoms with Crippen molar-refractivity contribution in [2.75, 3.05) is 24.5 Å². The first kappa shape index (κ1) is 17.7. The van der Waals surface area contributed by atoms with Crippen molar-refractivity contribution >= 4 is 22.6 Å². The summed E-state index contributed by atoms with van der Waals surface area (Å²) in [6.45, 7) is 8.72. The quantitative estimate of drug-likeness (QED) is 0.696. The molecule has 27 heavy (non-hydrogen) atoms. The van der Waals surface area contributed by atoms with Crippen LogP contribution in [0.5, 0.6) is 0 Å². The predicted octanol–water partition coefficient (Wildman–Crippen LogP) is 4.33. The van der Waals surface area contributed by atoms with Crippen LogP contribution in [0.25, 0.3) is 11.0 Å². The van der Waals surface area contributed by atoms with Gasteiger partial charge in [0, 0.05) is 42.3 Å². The number of carbonyl (C=O) groups is 1. The van der Waals surface area contributed by atoms with E-state index in [0.717, 1.165) is 41.7 Å². The third-order valence-electron chi connectivity index (χ3n) is 5.47. The van der Waals surface area contributed by atoms with Gasteiger partial charge in [0.05, 0.1) is 12.7 Å². The zero-order valence-electron chi connectivity index (χ0n) is 16.2. The number of piperazine rings is 1. The molecular weight excluding hydrogens is 336 g/mol. The summed E-state index contributed by atoms with van der Waals surface area (Å²) < 4.78 is 5.65. The molecule has 1 aromatic heterocycles. The van der Waals surface area contributed by atoms with E-state index in [9.17, 15) is 4.79 Å². The third kappa shape index (κ3) is 3.57. The van der Waals surface area contributed by atoms with Crippen molar-refractivity contribution in [3.8, 4) is 0 Å². The molecule has 0 aliphatic carbocycles. The van der Waals surface area contributed by atoms with E-state index in [1.165, 1.54) is 11.3 Å². The highest BCUT2D eigenvalue weighted by Crippen LogP contribution is 2.25. The molecule has 1 saturated heterocycles. The lowest BCUT2D eigenvalue weighted by Crippen LogP contribution is -2.54. The minimum absolute atomic E-state index is 0.175. The maximum Gasteiger partial charge on any atom is 0.227 e. The highest BCUT2D eigenvalue weighted by Gasteiger charge is 2.27. The van der Waals surface area contributed by atoms with Crippen molar-refractivity contribution in [1.82, 2.24) is 4.90 Å². The van der Waals surface area contributed by atoms with Crippen LogP contribution in [-0.4, -0.2) is 36.5 Å². The number of anilines is 1. The molecular formula is C23H26N2O2. The molecule has 1 atom stereocenters. The Balaban J connectivity index is 1.44. The van der Waals surface area contributed by atoms with Crippen molar-refractivity contribution in [3.05, 3.63) is 65.4 Å². The summed E-state index contributed by atoms with van der Waals surface area (Å²) in [4.78, 5) is 17.3. The van der Waals surface area contributed by atoms with Gasteiger partial charge < -0.3 is 14.2 Å². The molecule has 4 rings (SSSR count). The summed E-state index contributed by atoms with van der Waals surface area (Å²) in [6, 6.07) is 15.0. The third-order valence-corrected chi connectivity index (χ3v) is 5.47. The first-order chi connectivity index (χ1) is 13.0. The highest BCUT2D eigenvalue weighted by atomic mass is 16.3. The summed E-state index contributed by atoms with van der Waals surface area (Å²) in [5.74, 6) is 0.175. The maximum atomic E-state index is 12.9. The molecule has 0 bridgehead atoms. The average Bonchev–Trinajstić information content (AvgIpc) is 3.03. The number of hydrogen-bond donors (Lipinski definition) is 0. The van der Waals surface area contributed by atoms with E-state index >= 15 is 0 Å². The summed E-state index contributed by atoms with van der Waals surface area (Å²) in [6.07, 6.45) is 2.13. The van der Waals surface area contributed by atoms with Crippen LogP contribution in [-0.2, 0) is 11.2 Å². The summed E-state index contributed by atoms with van der Waals surface area (Å²) in [7, 11) is 0. The van der Waals surface area contributed by atoms with Crippen LogP contribution < -0.4 is 4.90 Å². The lowest BCUT2D eigenvalue weighted by atomic mass is 10.1. The van der Waals surface area contributed by atoms with Gasteiger partial charge in [-0.05, 0) is 50.1 Å². The Morgan fingerprint density at radius 2 is 1.93 bits per heavy atom. The van der Waals surface area contributed by atoms with E-state index < -0.39 is 0 Å². The molecule has 3 aromatic rings. The molecule has 0 radical (unpaired) electrons. The SMILES string of the molecule is Cc1cccc(N2CCN(C(=O)Cc3coc4cc(C)ccc34)C[C@@H]2C)c1. The van der Waals surface area contributed by atoms with Crippen molar-refractivity contribution in [3.63, 3.8) is 0 Å². The Morgan fingerprint density at radius 1 is 1.11 bits per heavy atom. The number of carbonyl (C=O) groups excluding carboxylic acids is 1. The van der Waals surface area contributed by atoms with Crippen LogP contribution in [0.15, 0.2) is 53.1 Å². The van der Waals surface area contributed by atoms with Gasteiger partial charge >= 0.3 is 0 Å². The van der Waals surface area contributed by atoms with E-state index in [-0.39, 0.29) is 5.91 Å². The topological polar surface area (TPSA) is 36.7 Å². The zero-order chi connectivity index (χ0) is 19.0. The Bertz CT molecular complexity index is 975. The normalized spacial score (nSPS) is 17.5. The van der Waals surface area contributed by atoms with E-state index in [1.807, 2.05) is 17.9 Å². The number of aryl methyl sites for hydroxylation is 2. The van der Waals surface area contributed by atoms with Gasteiger partial charge in [0.1, 0.15) is 5.58 Å². The second kappa shape index (κ2) is 7.10.